The molecular weight excluding hydrogens is 388 g/mol. The van der Waals surface area contributed by atoms with Gasteiger partial charge in [-0.2, -0.15) is 0 Å². The molecule has 0 saturated heterocycles. The van der Waals surface area contributed by atoms with Crippen molar-refractivity contribution in [1.29, 1.82) is 0 Å². The van der Waals surface area contributed by atoms with E-state index in [9.17, 15) is 0 Å². The van der Waals surface area contributed by atoms with Gasteiger partial charge in [0.1, 0.15) is 0 Å². The molecule has 0 heterocycles. The summed E-state index contributed by atoms with van der Waals surface area (Å²) in [7, 11) is 0. The van der Waals surface area contributed by atoms with E-state index in [-0.39, 0.29) is 10.8 Å². The second-order valence-electron chi connectivity index (χ2n) is 9.97. The fraction of sp³-hybridized carbons (Fsp3) is 0.500. The third-order valence-electron chi connectivity index (χ3n) is 6.22. The number of nitrogens with one attached hydrogen (secondary N) is 1. The molecule has 2 heteroatoms. The summed E-state index contributed by atoms with van der Waals surface area (Å²) in [6, 6.07) is 8.80. The molecular formula is C30H46N2. The van der Waals surface area contributed by atoms with Crippen molar-refractivity contribution in [2.24, 2.45) is 15.8 Å². The third kappa shape index (κ3) is 7.97. The highest BCUT2D eigenvalue weighted by atomic mass is 15.0. The molecule has 1 aromatic rings. The maximum absolute atomic E-state index is 4.47. The second kappa shape index (κ2) is 12.6. The smallest absolute Gasteiger partial charge is 0.0983 e. The number of hydrogen-bond acceptors (Lipinski definition) is 1. The van der Waals surface area contributed by atoms with Crippen LogP contribution in [-0.4, -0.2) is 12.4 Å². The summed E-state index contributed by atoms with van der Waals surface area (Å²) in [4.78, 5) is 4.47. The topological polar surface area (TPSA) is 24.4 Å². The zero-order chi connectivity index (χ0) is 24.4. The van der Waals surface area contributed by atoms with Gasteiger partial charge in [-0.1, -0.05) is 102 Å². The first-order chi connectivity index (χ1) is 15.0. The maximum Gasteiger partial charge on any atom is 0.0983 e. The Kier molecular flexibility index (Phi) is 10.9. The summed E-state index contributed by atoms with van der Waals surface area (Å²) >= 11 is 0. The van der Waals surface area contributed by atoms with Gasteiger partial charge in [-0.05, 0) is 62.1 Å². The van der Waals surface area contributed by atoms with Gasteiger partial charge in [0.05, 0.1) is 5.84 Å². The molecule has 2 nitrogen and oxygen atoms in total. The average Bonchev–Trinajstić information content (AvgIpc) is 2.75. The molecule has 0 amide bonds. The quantitative estimate of drug-likeness (QED) is 0.160. The Morgan fingerprint density at radius 2 is 1.62 bits per heavy atom. The predicted octanol–water partition coefficient (Wildman–Crippen LogP) is 8.83. The first kappa shape index (κ1) is 27.7. The van der Waals surface area contributed by atoms with Gasteiger partial charge in [0.15, 0.2) is 0 Å². The van der Waals surface area contributed by atoms with Crippen molar-refractivity contribution < 1.29 is 0 Å². The van der Waals surface area contributed by atoms with Crippen LogP contribution in [0.15, 0.2) is 65.3 Å². The molecule has 0 saturated carbocycles. The first-order valence-corrected chi connectivity index (χ1v) is 12.1. The Morgan fingerprint density at radius 1 is 1.00 bits per heavy atom. The summed E-state index contributed by atoms with van der Waals surface area (Å²) in [5.74, 6) is 0.962. The van der Waals surface area contributed by atoms with E-state index in [1.807, 2.05) is 19.2 Å². The zero-order valence-electron chi connectivity index (χ0n) is 22.1. The molecule has 0 spiro atoms. The molecule has 0 aliphatic carbocycles. The van der Waals surface area contributed by atoms with Crippen molar-refractivity contribution in [2.75, 3.05) is 6.54 Å². The molecule has 176 valence electrons. The van der Waals surface area contributed by atoms with Gasteiger partial charge in [0.25, 0.3) is 0 Å². The predicted molar refractivity (Wildman–Crippen MR) is 146 cm³/mol. The number of hydrogen-bond donors (Lipinski definition) is 1. The van der Waals surface area contributed by atoms with Crippen molar-refractivity contribution in [1.82, 2.24) is 5.32 Å². The minimum Gasteiger partial charge on any atom is -0.373 e. The highest BCUT2D eigenvalue weighted by Crippen LogP contribution is 2.49. The molecule has 0 radical (unpaired) electrons. The van der Waals surface area contributed by atoms with Crippen LogP contribution < -0.4 is 5.32 Å². The lowest BCUT2D eigenvalue weighted by Crippen LogP contribution is -2.29. The van der Waals surface area contributed by atoms with Crippen LogP contribution in [0.4, 0.5) is 0 Å². The third-order valence-corrected chi connectivity index (χ3v) is 6.22. The molecule has 0 aliphatic heterocycles. The van der Waals surface area contributed by atoms with Crippen molar-refractivity contribution in [3.8, 4) is 0 Å². The molecule has 0 atom stereocenters. The molecule has 1 aromatic carbocycles. The molecule has 1 N–H and O–H groups in total. The molecule has 0 aromatic heterocycles. The summed E-state index contributed by atoms with van der Waals surface area (Å²) < 4.78 is 0. The monoisotopic (exact) mass is 434 g/mol. The number of rotatable bonds is 11. The summed E-state index contributed by atoms with van der Waals surface area (Å²) in [6.45, 7) is 25.0. The van der Waals surface area contributed by atoms with Crippen LogP contribution in [0.3, 0.4) is 0 Å². The number of benzene rings is 1. The maximum atomic E-state index is 4.47. The summed E-state index contributed by atoms with van der Waals surface area (Å²) in [5, 5.41) is 3.45. The van der Waals surface area contributed by atoms with Crippen molar-refractivity contribution >= 4 is 17.5 Å². The standard InChI is InChI=1S/C30H46N2/c1-11-15-27(26-19-17-25(12-2)18-20-26)30(9,10)28(29(7,8)13-3)16-14-21-31-24(6)32-22-23(4)5/h12,15-20,22H,2,11,13-14,21H2,1,3-10H3,(H,31,32)/b27-15-,28-16+. The molecule has 0 fully saturated rings. The minimum absolute atomic E-state index is 0.0730. The second-order valence-corrected chi connectivity index (χ2v) is 9.97. The highest BCUT2D eigenvalue weighted by Gasteiger charge is 2.36. The Morgan fingerprint density at radius 3 is 2.12 bits per heavy atom. The Labute approximate surface area is 198 Å². The van der Waals surface area contributed by atoms with E-state index in [2.05, 4.69) is 109 Å². The van der Waals surface area contributed by atoms with Crippen molar-refractivity contribution in [2.45, 2.75) is 81.6 Å². The number of allylic oxidation sites excluding steroid dienone is 4. The van der Waals surface area contributed by atoms with Crippen molar-refractivity contribution in [3.05, 3.63) is 71.5 Å². The van der Waals surface area contributed by atoms with Gasteiger partial charge >= 0.3 is 0 Å². The van der Waals surface area contributed by atoms with E-state index in [1.165, 1.54) is 22.3 Å². The largest absolute Gasteiger partial charge is 0.373 e. The summed E-state index contributed by atoms with van der Waals surface area (Å²) in [6.07, 6.45) is 11.8. The van der Waals surface area contributed by atoms with E-state index in [1.54, 1.807) is 0 Å². The lowest BCUT2D eigenvalue weighted by atomic mass is 9.63. The van der Waals surface area contributed by atoms with Gasteiger partial charge in [-0.15, -0.1) is 0 Å². The molecule has 0 bridgehead atoms. The molecule has 0 aliphatic rings. The Hall–Kier alpha value is -2.35. The lowest BCUT2D eigenvalue weighted by molar-refractivity contribution is 0.354. The SMILES string of the molecule is C=Cc1ccc(/C(=C/CC)C(C)(C)/C(=C/CCN/C(C)=N/C=C(C)C)C(C)(C)CC)cc1. The zero-order valence-corrected chi connectivity index (χ0v) is 22.1. The fourth-order valence-electron chi connectivity index (χ4n) is 4.19. The minimum atomic E-state index is -0.0730. The van der Waals surface area contributed by atoms with Crippen LogP contribution in [0.2, 0.25) is 0 Å². The first-order valence-electron chi connectivity index (χ1n) is 12.1. The van der Waals surface area contributed by atoms with Crippen LogP contribution >= 0.6 is 0 Å². The number of aliphatic imine (C=N–C) groups is 1. The summed E-state index contributed by atoms with van der Waals surface area (Å²) in [5.41, 5.74) is 6.60. The highest BCUT2D eigenvalue weighted by molar-refractivity contribution is 5.80. The van der Waals surface area contributed by atoms with E-state index < -0.39 is 0 Å². The number of amidine groups is 1. The van der Waals surface area contributed by atoms with Gasteiger partial charge in [-0.25, -0.2) is 4.99 Å². The molecule has 0 unspecified atom stereocenters. The van der Waals surface area contributed by atoms with Crippen LogP contribution in [-0.2, 0) is 0 Å². The van der Waals surface area contributed by atoms with Crippen molar-refractivity contribution in [3.63, 3.8) is 0 Å². The van der Waals surface area contributed by atoms with E-state index >= 15 is 0 Å². The van der Waals surface area contributed by atoms with Gasteiger partial charge in [-0.3, -0.25) is 0 Å². The van der Waals surface area contributed by atoms with Crippen LogP contribution in [0.25, 0.3) is 11.6 Å². The number of nitrogens with zero attached hydrogens (tertiary/aromatic N) is 1. The Bertz CT molecular complexity index is 855. The average molecular weight is 435 g/mol. The molecule has 32 heavy (non-hydrogen) atoms. The van der Waals surface area contributed by atoms with Crippen LogP contribution in [0, 0.1) is 10.8 Å². The van der Waals surface area contributed by atoms with E-state index in [4.69, 9.17) is 0 Å². The van der Waals surface area contributed by atoms with Crippen LogP contribution in [0.5, 0.6) is 0 Å². The van der Waals surface area contributed by atoms with Crippen LogP contribution in [0.1, 0.15) is 92.7 Å². The Balaban J connectivity index is 3.27. The van der Waals surface area contributed by atoms with E-state index in [0.717, 1.165) is 37.2 Å². The fourth-order valence-corrected chi connectivity index (χ4v) is 4.19. The van der Waals surface area contributed by atoms with Gasteiger partial charge in [0.2, 0.25) is 0 Å². The molecule has 1 rings (SSSR count). The normalized spacial score (nSPS) is 13.7. The van der Waals surface area contributed by atoms with Gasteiger partial charge in [0, 0.05) is 18.2 Å². The lowest BCUT2D eigenvalue weighted by Gasteiger charge is -2.41. The van der Waals surface area contributed by atoms with E-state index in [0.29, 0.717) is 0 Å². The van der Waals surface area contributed by atoms with Gasteiger partial charge < -0.3 is 5.32 Å².